The number of hydrogen-bond acceptors (Lipinski definition) is 4. The van der Waals surface area contributed by atoms with Crippen molar-refractivity contribution in [2.75, 3.05) is 19.8 Å². The van der Waals surface area contributed by atoms with Gasteiger partial charge in [0.25, 0.3) is 0 Å². The van der Waals surface area contributed by atoms with Crippen molar-refractivity contribution in [1.82, 2.24) is 14.8 Å². The van der Waals surface area contributed by atoms with E-state index in [-0.39, 0.29) is 18.1 Å². The van der Waals surface area contributed by atoms with E-state index in [4.69, 9.17) is 5.73 Å². The number of carbonyl (C=O) groups is 1. The van der Waals surface area contributed by atoms with Gasteiger partial charge in [-0.2, -0.15) is 0 Å². The highest BCUT2D eigenvalue weighted by atomic mass is 19.1. The Morgan fingerprint density at radius 1 is 1.07 bits per heavy atom. The van der Waals surface area contributed by atoms with E-state index in [1.54, 1.807) is 24.3 Å². The number of nitrogen functional groups attached to an aromatic ring is 1. The molecule has 0 saturated heterocycles. The van der Waals surface area contributed by atoms with Gasteiger partial charge in [0.2, 0.25) is 5.91 Å². The molecule has 30 heavy (non-hydrogen) atoms. The number of benzene rings is 2. The number of hydrogen-bond donors (Lipinski definition) is 1. The first kappa shape index (κ1) is 20.0. The highest BCUT2D eigenvalue weighted by molar-refractivity contribution is 5.81. The van der Waals surface area contributed by atoms with Crippen LogP contribution in [0.15, 0.2) is 54.6 Å². The zero-order valence-corrected chi connectivity index (χ0v) is 17.2. The maximum atomic E-state index is 13.2. The summed E-state index contributed by atoms with van der Waals surface area (Å²) < 4.78 is 13.2. The largest absolute Gasteiger partial charge is 0.397 e. The number of aromatic nitrogens is 1. The fourth-order valence-electron chi connectivity index (χ4n) is 3.78. The van der Waals surface area contributed by atoms with Crippen molar-refractivity contribution in [3.63, 3.8) is 0 Å². The molecule has 2 heterocycles. The standard InChI is InChI=1S/C24H25FN4O/c1-28(2)13-16-3-4-18-14-29(15-19(18)11-16)24(30)12-23-21(26)9-10-22(27-23)17-5-7-20(25)8-6-17/h3-11H,12-15,26H2,1-2H3. The molecule has 1 aliphatic rings. The fourth-order valence-corrected chi connectivity index (χ4v) is 3.78. The molecule has 1 amide bonds. The Hall–Kier alpha value is -3.25. The van der Waals surface area contributed by atoms with Crippen LogP contribution in [0.3, 0.4) is 0 Å². The number of nitrogens with two attached hydrogens (primary N) is 1. The summed E-state index contributed by atoms with van der Waals surface area (Å²) in [6.07, 6.45) is 0.138. The Morgan fingerprint density at radius 3 is 2.53 bits per heavy atom. The molecule has 0 saturated carbocycles. The van der Waals surface area contributed by atoms with Crippen LogP contribution < -0.4 is 5.73 Å². The van der Waals surface area contributed by atoms with Crippen LogP contribution in [0.5, 0.6) is 0 Å². The summed E-state index contributed by atoms with van der Waals surface area (Å²) in [4.78, 5) is 21.5. The van der Waals surface area contributed by atoms with E-state index < -0.39 is 0 Å². The van der Waals surface area contributed by atoms with Gasteiger partial charge in [0.05, 0.1) is 23.5 Å². The van der Waals surface area contributed by atoms with E-state index in [1.165, 1.54) is 28.8 Å². The topological polar surface area (TPSA) is 62.5 Å². The first-order chi connectivity index (χ1) is 14.4. The van der Waals surface area contributed by atoms with Crippen molar-refractivity contribution in [3.8, 4) is 11.3 Å². The lowest BCUT2D eigenvalue weighted by atomic mass is 10.1. The predicted octanol–water partition coefficient (Wildman–Crippen LogP) is 3.62. The van der Waals surface area contributed by atoms with Gasteiger partial charge >= 0.3 is 0 Å². The quantitative estimate of drug-likeness (QED) is 0.706. The first-order valence-corrected chi connectivity index (χ1v) is 9.93. The minimum Gasteiger partial charge on any atom is -0.397 e. The van der Waals surface area contributed by atoms with Crippen molar-refractivity contribution in [1.29, 1.82) is 0 Å². The number of rotatable bonds is 5. The molecule has 6 heteroatoms. The summed E-state index contributed by atoms with van der Waals surface area (Å²) in [5.41, 5.74) is 12.2. The molecule has 0 aliphatic carbocycles. The van der Waals surface area contributed by atoms with Crippen LogP contribution in [-0.2, 0) is 30.8 Å². The van der Waals surface area contributed by atoms with Crippen molar-refractivity contribution in [3.05, 3.63) is 82.8 Å². The maximum absolute atomic E-state index is 13.2. The van der Waals surface area contributed by atoms with Gasteiger partial charge in [0.15, 0.2) is 0 Å². The van der Waals surface area contributed by atoms with Gasteiger partial charge in [-0.25, -0.2) is 4.39 Å². The Morgan fingerprint density at radius 2 is 1.80 bits per heavy atom. The van der Waals surface area contributed by atoms with Crippen molar-refractivity contribution < 1.29 is 9.18 Å². The SMILES string of the molecule is CN(C)Cc1ccc2c(c1)CN(C(=O)Cc1nc(-c3ccc(F)cc3)ccc1N)C2. The van der Waals surface area contributed by atoms with Gasteiger partial charge in [0, 0.05) is 25.2 Å². The number of fused-ring (bicyclic) bond motifs is 1. The average Bonchev–Trinajstić information content (AvgIpc) is 3.13. The lowest BCUT2D eigenvalue weighted by molar-refractivity contribution is -0.131. The molecule has 0 bridgehead atoms. The van der Waals surface area contributed by atoms with Crippen LogP contribution >= 0.6 is 0 Å². The lowest BCUT2D eigenvalue weighted by Crippen LogP contribution is -2.27. The molecular formula is C24H25FN4O. The van der Waals surface area contributed by atoms with Gasteiger partial charge in [-0.05, 0) is 67.2 Å². The monoisotopic (exact) mass is 404 g/mol. The summed E-state index contributed by atoms with van der Waals surface area (Å²) in [5.74, 6) is -0.303. The Kier molecular flexibility index (Phi) is 5.50. The Balaban J connectivity index is 1.49. The zero-order valence-electron chi connectivity index (χ0n) is 17.2. The van der Waals surface area contributed by atoms with E-state index >= 15 is 0 Å². The van der Waals surface area contributed by atoms with Gasteiger partial charge in [-0.15, -0.1) is 0 Å². The number of amides is 1. The van der Waals surface area contributed by atoms with Crippen LogP contribution in [0, 0.1) is 5.82 Å². The summed E-state index contributed by atoms with van der Waals surface area (Å²) in [7, 11) is 4.08. The van der Waals surface area contributed by atoms with Crippen molar-refractivity contribution in [2.45, 2.75) is 26.1 Å². The third-order valence-corrected chi connectivity index (χ3v) is 5.31. The summed E-state index contributed by atoms with van der Waals surface area (Å²) in [6.45, 7) is 2.08. The number of halogens is 1. The second-order valence-corrected chi connectivity index (χ2v) is 8.01. The number of nitrogens with zero attached hydrogens (tertiary/aromatic N) is 3. The van der Waals surface area contributed by atoms with E-state index in [0.29, 0.717) is 30.2 Å². The molecule has 2 aromatic carbocycles. The molecule has 2 N–H and O–H groups in total. The molecule has 0 fully saturated rings. The first-order valence-electron chi connectivity index (χ1n) is 9.93. The van der Waals surface area contributed by atoms with Crippen LogP contribution in [-0.4, -0.2) is 34.8 Å². The average molecular weight is 404 g/mol. The molecule has 5 nitrogen and oxygen atoms in total. The molecule has 0 spiro atoms. The van der Waals surface area contributed by atoms with Crippen LogP contribution in [0.25, 0.3) is 11.3 Å². The third kappa shape index (κ3) is 4.33. The van der Waals surface area contributed by atoms with Gasteiger partial charge in [0.1, 0.15) is 5.82 Å². The van der Waals surface area contributed by atoms with Crippen molar-refractivity contribution >= 4 is 11.6 Å². The summed E-state index contributed by atoms with van der Waals surface area (Å²) in [5, 5.41) is 0. The highest BCUT2D eigenvalue weighted by Gasteiger charge is 2.24. The Bertz CT molecular complexity index is 1080. The van der Waals surface area contributed by atoms with E-state index in [9.17, 15) is 9.18 Å². The molecule has 154 valence electrons. The van der Waals surface area contributed by atoms with Gasteiger partial charge in [-0.1, -0.05) is 18.2 Å². The normalized spacial score (nSPS) is 13.0. The minimum absolute atomic E-state index is 0.00387. The van der Waals surface area contributed by atoms with Gasteiger partial charge < -0.3 is 15.5 Å². The molecule has 0 unspecified atom stereocenters. The van der Waals surface area contributed by atoms with Gasteiger partial charge in [-0.3, -0.25) is 9.78 Å². The lowest BCUT2D eigenvalue weighted by Gasteiger charge is -2.16. The molecule has 0 atom stereocenters. The minimum atomic E-state index is -0.299. The maximum Gasteiger partial charge on any atom is 0.229 e. The van der Waals surface area contributed by atoms with Crippen LogP contribution in [0.1, 0.15) is 22.4 Å². The zero-order chi connectivity index (χ0) is 21.3. The van der Waals surface area contributed by atoms with Crippen LogP contribution in [0.4, 0.5) is 10.1 Å². The van der Waals surface area contributed by atoms with E-state index in [2.05, 4.69) is 28.1 Å². The highest BCUT2D eigenvalue weighted by Crippen LogP contribution is 2.26. The third-order valence-electron chi connectivity index (χ3n) is 5.31. The second-order valence-electron chi connectivity index (χ2n) is 8.01. The molecule has 1 aromatic heterocycles. The number of pyridine rings is 1. The smallest absolute Gasteiger partial charge is 0.229 e. The molecule has 1 aliphatic heterocycles. The number of anilines is 1. The fraction of sp³-hybridized carbons (Fsp3) is 0.250. The summed E-state index contributed by atoms with van der Waals surface area (Å²) >= 11 is 0. The van der Waals surface area contributed by atoms with Crippen molar-refractivity contribution in [2.24, 2.45) is 0 Å². The van der Waals surface area contributed by atoms with E-state index in [1.807, 2.05) is 19.0 Å². The summed E-state index contributed by atoms with van der Waals surface area (Å²) in [6, 6.07) is 16.1. The molecule has 0 radical (unpaired) electrons. The van der Waals surface area contributed by atoms with Crippen LogP contribution in [0.2, 0.25) is 0 Å². The second kappa shape index (κ2) is 8.24. The molecular weight excluding hydrogens is 379 g/mol. The number of carbonyl (C=O) groups excluding carboxylic acids is 1. The van der Waals surface area contributed by atoms with E-state index in [0.717, 1.165) is 12.1 Å². The molecule has 3 aromatic rings. The molecule has 4 rings (SSSR count). The predicted molar refractivity (Wildman–Crippen MR) is 116 cm³/mol. The Labute approximate surface area is 176 Å².